The quantitative estimate of drug-likeness (QED) is 0.436. The maximum absolute atomic E-state index is 12.2. The number of hydrogen-bond donors (Lipinski definition) is 1. The average Bonchev–Trinajstić information content (AvgIpc) is 3.66. The number of nitrogens with zero attached hydrogens (tertiary/aromatic N) is 4. The molecule has 4 rings (SSSR count). The summed E-state index contributed by atoms with van der Waals surface area (Å²) in [4.78, 5) is 26.6. The van der Waals surface area contributed by atoms with Gasteiger partial charge in [0.2, 0.25) is 0 Å². The van der Waals surface area contributed by atoms with E-state index in [0.717, 1.165) is 67.3 Å². The van der Waals surface area contributed by atoms with Crippen molar-refractivity contribution in [2.45, 2.75) is 37.3 Å². The first-order valence-corrected chi connectivity index (χ1v) is 12.5. The molecular formula is C24H33N5O2S. The molecule has 1 saturated heterocycles. The van der Waals surface area contributed by atoms with Gasteiger partial charge in [-0.05, 0) is 43.0 Å². The first-order chi connectivity index (χ1) is 15.6. The molecule has 1 N–H and O–H groups in total. The third-order valence-electron chi connectivity index (χ3n) is 6.01. The molecule has 7 nitrogen and oxygen atoms in total. The molecule has 0 unspecified atom stereocenters. The number of likely N-dealkylation sites (N-methyl/N-ethyl adjacent to an activating group) is 1. The van der Waals surface area contributed by atoms with Gasteiger partial charge < -0.3 is 19.9 Å². The SMILES string of the molecule is CCN1CCN(c2cc(COC)nc(SCc3ccc(C(=O)NCC4CC4)cc3)n2)CC1. The number of ether oxygens (including phenoxy) is 1. The number of piperazine rings is 1. The Hall–Kier alpha value is -2.16. The van der Waals surface area contributed by atoms with Crippen LogP contribution in [-0.2, 0) is 17.1 Å². The Bertz CT molecular complexity index is 896. The zero-order valence-corrected chi connectivity index (χ0v) is 19.9. The average molecular weight is 456 g/mol. The number of aromatic nitrogens is 2. The van der Waals surface area contributed by atoms with E-state index in [1.165, 1.54) is 12.8 Å². The van der Waals surface area contributed by atoms with Gasteiger partial charge in [-0.1, -0.05) is 30.8 Å². The summed E-state index contributed by atoms with van der Waals surface area (Å²) in [5.74, 6) is 2.43. The lowest BCUT2D eigenvalue weighted by Gasteiger charge is -2.34. The van der Waals surface area contributed by atoms with Gasteiger partial charge in [-0.15, -0.1) is 0 Å². The second kappa shape index (κ2) is 11.1. The van der Waals surface area contributed by atoms with Gasteiger partial charge in [-0.25, -0.2) is 9.97 Å². The number of methoxy groups -OCH3 is 1. The number of thioether (sulfide) groups is 1. The fourth-order valence-electron chi connectivity index (χ4n) is 3.76. The van der Waals surface area contributed by atoms with Gasteiger partial charge in [0, 0.05) is 57.2 Å². The number of carbonyl (C=O) groups excluding carboxylic acids is 1. The molecule has 8 heteroatoms. The summed E-state index contributed by atoms with van der Waals surface area (Å²) in [6.45, 7) is 8.64. The molecule has 32 heavy (non-hydrogen) atoms. The Kier molecular flexibility index (Phi) is 8.00. The summed E-state index contributed by atoms with van der Waals surface area (Å²) in [7, 11) is 1.69. The van der Waals surface area contributed by atoms with Crippen molar-refractivity contribution >= 4 is 23.5 Å². The van der Waals surface area contributed by atoms with Gasteiger partial charge >= 0.3 is 0 Å². The molecule has 1 aromatic heterocycles. The third kappa shape index (κ3) is 6.43. The van der Waals surface area contributed by atoms with E-state index in [4.69, 9.17) is 9.72 Å². The lowest BCUT2D eigenvalue weighted by molar-refractivity contribution is 0.0952. The second-order valence-corrected chi connectivity index (χ2v) is 9.44. The van der Waals surface area contributed by atoms with Crippen LogP contribution in [0.25, 0.3) is 0 Å². The fraction of sp³-hybridized carbons (Fsp3) is 0.542. The fourth-order valence-corrected chi connectivity index (χ4v) is 4.59. The van der Waals surface area contributed by atoms with Crippen LogP contribution in [0.2, 0.25) is 0 Å². The summed E-state index contributed by atoms with van der Waals surface area (Å²) in [5.41, 5.74) is 2.76. The largest absolute Gasteiger partial charge is 0.378 e. The summed E-state index contributed by atoms with van der Waals surface area (Å²) < 4.78 is 5.33. The molecule has 2 heterocycles. The molecule has 172 valence electrons. The highest BCUT2D eigenvalue weighted by molar-refractivity contribution is 7.98. The summed E-state index contributed by atoms with van der Waals surface area (Å²) in [6, 6.07) is 9.88. The molecular weight excluding hydrogens is 422 g/mol. The van der Waals surface area contributed by atoms with Crippen LogP contribution in [0.5, 0.6) is 0 Å². The van der Waals surface area contributed by atoms with E-state index in [2.05, 4.69) is 27.0 Å². The monoisotopic (exact) mass is 455 g/mol. The Morgan fingerprint density at radius 2 is 1.91 bits per heavy atom. The molecule has 1 saturated carbocycles. The molecule has 0 radical (unpaired) electrons. The molecule has 1 aliphatic heterocycles. The first-order valence-electron chi connectivity index (χ1n) is 11.5. The topological polar surface area (TPSA) is 70.6 Å². The van der Waals surface area contributed by atoms with Gasteiger partial charge in [0.15, 0.2) is 5.16 Å². The maximum Gasteiger partial charge on any atom is 0.251 e. The lowest BCUT2D eigenvalue weighted by Crippen LogP contribution is -2.46. The minimum Gasteiger partial charge on any atom is -0.378 e. The van der Waals surface area contributed by atoms with Crippen molar-refractivity contribution in [3.63, 3.8) is 0 Å². The van der Waals surface area contributed by atoms with E-state index < -0.39 is 0 Å². The number of hydrogen-bond acceptors (Lipinski definition) is 7. The molecule has 2 aromatic rings. The molecule has 0 spiro atoms. The van der Waals surface area contributed by atoms with Gasteiger partial charge in [-0.3, -0.25) is 4.79 Å². The minimum atomic E-state index is 0.0134. The van der Waals surface area contributed by atoms with Crippen molar-refractivity contribution in [2.75, 3.05) is 51.3 Å². The van der Waals surface area contributed by atoms with Crippen molar-refractivity contribution in [3.8, 4) is 0 Å². The van der Waals surface area contributed by atoms with Crippen LogP contribution >= 0.6 is 11.8 Å². The Morgan fingerprint density at radius 1 is 1.16 bits per heavy atom. The molecule has 1 aromatic carbocycles. The minimum absolute atomic E-state index is 0.0134. The van der Waals surface area contributed by atoms with Gasteiger partial charge in [0.1, 0.15) is 5.82 Å². The van der Waals surface area contributed by atoms with Crippen molar-refractivity contribution in [1.82, 2.24) is 20.2 Å². The predicted octanol–water partition coefficient (Wildman–Crippen LogP) is 3.20. The first kappa shape index (κ1) is 23.0. The van der Waals surface area contributed by atoms with E-state index in [1.54, 1.807) is 18.9 Å². The molecule has 0 atom stereocenters. The van der Waals surface area contributed by atoms with Crippen molar-refractivity contribution in [1.29, 1.82) is 0 Å². The van der Waals surface area contributed by atoms with Gasteiger partial charge in [0.25, 0.3) is 5.91 Å². The lowest BCUT2D eigenvalue weighted by atomic mass is 10.1. The van der Waals surface area contributed by atoms with Crippen LogP contribution in [0, 0.1) is 5.92 Å². The summed E-state index contributed by atoms with van der Waals surface area (Å²) >= 11 is 1.62. The Labute approximate surface area is 194 Å². The Balaban J connectivity index is 1.37. The number of nitrogens with one attached hydrogen (secondary N) is 1. The maximum atomic E-state index is 12.2. The standard InChI is InChI=1S/C24H33N5O2S/c1-3-28-10-12-29(13-11-28)22-14-21(16-31-2)26-24(27-22)32-17-19-6-8-20(9-7-19)23(30)25-15-18-4-5-18/h6-9,14,18H,3-5,10-13,15-17H2,1-2H3,(H,25,30). The van der Waals surface area contributed by atoms with Crippen LogP contribution in [0.15, 0.2) is 35.5 Å². The highest BCUT2D eigenvalue weighted by atomic mass is 32.2. The number of rotatable bonds is 10. The van der Waals surface area contributed by atoms with E-state index in [0.29, 0.717) is 18.1 Å². The third-order valence-corrected chi connectivity index (χ3v) is 6.93. The Morgan fingerprint density at radius 3 is 2.56 bits per heavy atom. The second-order valence-electron chi connectivity index (χ2n) is 8.49. The van der Waals surface area contributed by atoms with E-state index in [-0.39, 0.29) is 5.91 Å². The zero-order valence-electron chi connectivity index (χ0n) is 19.0. The van der Waals surface area contributed by atoms with Crippen LogP contribution in [0.4, 0.5) is 5.82 Å². The van der Waals surface area contributed by atoms with Crippen LogP contribution < -0.4 is 10.2 Å². The van der Waals surface area contributed by atoms with Crippen molar-refractivity contribution in [2.24, 2.45) is 5.92 Å². The molecule has 0 bridgehead atoms. The zero-order chi connectivity index (χ0) is 22.3. The summed E-state index contributed by atoms with van der Waals surface area (Å²) in [6.07, 6.45) is 2.47. The van der Waals surface area contributed by atoms with Crippen LogP contribution in [0.3, 0.4) is 0 Å². The molecule has 2 aliphatic rings. The normalized spacial score (nSPS) is 16.9. The highest BCUT2D eigenvalue weighted by Crippen LogP contribution is 2.28. The smallest absolute Gasteiger partial charge is 0.251 e. The van der Waals surface area contributed by atoms with Crippen molar-refractivity contribution in [3.05, 3.63) is 47.2 Å². The predicted molar refractivity (Wildman–Crippen MR) is 128 cm³/mol. The highest BCUT2D eigenvalue weighted by Gasteiger charge is 2.22. The molecule has 1 aliphatic carbocycles. The number of carbonyl (C=O) groups is 1. The molecule has 1 amide bonds. The number of benzene rings is 1. The van der Waals surface area contributed by atoms with Gasteiger partial charge in [-0.2, -0.15) is 0 Å². The number of amides is 1. The number of anilines is 1. The van der Waals surface area contributed by atoms with Gasteiger partial charge in [0.05, 0.1) is 12.3 Å². The van der Waals surface area contributed by atoms with Crippen LogP contribution in [0.1, 0.15) is 41.4 Å². The van der Waals surface area contributed by atoms with E-state index >= 15 is 0 Å². The summed E-state index contributed by atoms with van der Waals surface area (Å²) in [5, 5.41) is 3.78. The molecule has 2 fully saturated rings. The van der Waals surface area contributed by atoms with Crippen molar-refractivity contribution < 1.29 is 9.53 Å². The van der Waals surface area contributed by atoms with Crippen LogP contribution in [-0.4, -0.2) is 67.2 Å². The van der Waals surface area contributed by atoms with E-state index in [1.807, 2.05) is 30.3 Å². The van der Waals surface area contributed by atoms with E-state index in [9.17, 15) is 4.79 Å².